The van der Waals surface area contributed by atoms with E-state index >= 15 is 0 Å². The van der Waals surface area contributed by atoms with E-state index in [1.807, 2.05) is 55.1 Å². The van der Waals surface area contributed by atoms with Gasteiger partial charge in [-0.25, -0.2) is 4.98 Å². The Morgan fingerprint density at radius 3 is 2.35 bits per heavy atom. The van der Waals surface area contributed by atoms with Gasteiger partial charge < -0.3 is 16.0 Å². The maximum Gasteiger partial charge on any atom is 0.253 e. The largest absolute Gasteiger partial charge is 0.345 e. The van der Waals surface area contributed by atoms with E-state index in [0.29, 0.717) is 43.0 Å². The number of aryl methyl sites for hydroxylation is 1. The molecule has 37 heavy (non-hydrogen) atoms. The third-order valence-electron chi connectivity index (χ3n) is 6.58. The summed E-state index contributed by atoms with van der Waals surface area (Å²) in [5, 5.41) is 8.78. The Morgan fingerprint density at radius 1 is 0.946 bits per heavy atom. The summed E-state index contributed by atoms with van der Waals surface area (Å²) >= 11 is 0. The molecule has 3 N–H and O–H groups in total. The lowest BCUT2D eigenvalue weighted by Crippen LogP contribution is -2.42. The monoisotopic (exact) mass is 499 g/mol. The lowest BCUT2D eigenvalue weighted by atomic mass is 9.96. The van der Waals surface area contributed by atoms with Gasteiger partial charge in [-0.3, -0.25) is 19.3 Å². The number of benzene rings is 2. The molecule has 0 aliphatic carbocycles. The van der Waals surface area contributed by atoms with Crippen LogP contribution in [-0.2, 0) is 9.59 Å². The Bertz CT molecular complexity index is 1220. The molecule has 192 valence electrons. The third-order valence-corrected chi connectivity index (χ3v) is 6.58. The highest BCUT2D eigenvalue weighted by atomic mass is 16.2. The first kappa shape index (κ1) is 26.0. The van der Waals surface area contributed by atoms with Crippen LogP contribution in [0.5, 0.6) is 0 Å². The molecule has 1 fully saturated rings. The Labute approximate surface area is 217 Å². The van der Waals surface area contributed by atoms with E-state index in [4.69, 9.17) is 0 Å². The second-order valence-corrected chi connectivity index (χ2v) is 9.46. The number of carbonyl (C=O) groups is 3. The standard InChI is InChI=1S/C29H33N5O3/c1-20-12-13-26(30-18-20)33-28(36)23-14-16-34(17-15-23)19-27(35)32-25-11-7-6-10-24(25)29(37)31-21(2)22-8-4-3-5-9-22/h3-13,18,21,23H,14-17,19H2,1-2H3,(H,31,37)(H,32,35)(H,30,33,36). The zero-order valence-corrected chi connectivity index (χ0v) is 21.2. The van der Waals surface area contributed by atoms with Gasteiger partial charge in [0.2, 0.25) is 11.8 Å². The maximum absolute atomic E-state index is 13.0. The maximum atomic E-state index is 13.0. The van der Waals surface area contributed by atoms with Crippen LogP contribution in [0.25, 0.3) is 0 Å². The molecule has 1 saturated heterocycles. The molecule has 1 aliphatic rings. The Kier molecular flexibility index (Phi) is 8.64. The summed E-state index contributed by atoms with van der Waals surface area (Å²) in [6.07, 6.45) is 3.06. The number of nitrogens with one attached hydrogen (secondary N) is 3. The summed E-state index contributed by atoms with van der Waals surface area (Å²) in [7, 11) is 0. The van der Waals surface area contributed by atoms with E-state index in [0.717, 1.165) is 11.1 Å². The van der Waals surface area contributed by atoms with E-state index in [9.17, 15) is 14.4 Å². The number of pyridine rings is 1. The fourth-order valence-electron chi connectivity index (χ4n) is 4.41. The minimum Gasteiger partial charge on any atom is -0.345 e. The van der Waals surface area contributed by atoms with Gasteiger partial charge in [0.25, 0.3) is 5.91 Å². The van der Waals surface area contributed by atoms with Crippen LogP contribution in [0.4, 0.5) is 11.5 Å². The normalized spacial score (nSPS) is 15.0. The molecule has 2 heterocycles. The second-order valence-electron chi connectivity index (χ2n) is 9.46. The smallest absolute Gasteiger partial charge is 0.253 e. The van der Waals surface area contributed by atoms with Crippen LogP contribution >= 0.6 is 0 Å². The van der Waals surface area contributed by atoms with Gasteiger partial charge in [0.1, 0.15) is 5.82 Å². The molecule has 0 spiro atoms. The van der Waals surface area contributed by atoms with Gasteiger partial charge in [0, 0.05) is 12.1 Å². The second kappa shape index (κ2) is 12.3. The molecule has 4 rings (SSSR count). The van der Waals surface area contributed by atoms with Crippen LogP contribution < -0.4 is 16.0 Å². The number of para-hydroxylation sites is 1. The van der Waals surface area contributed by atoms with Crippen molar-refractivity contribution in [2.24, 2.45) is 5.92 Å². The van der Waals surface area contributed by atoms with Gasteiger partial charge in [-0.1, -0.05) is 48.5 Å². The minimum atomic E-state index is -0.248. The molecule has 3 amide bonds. The van der Waals surface area contributed by atoms with Crippen molar-refractivity contribution in [3.05, 3.63) is 89.6 Å². The van der Waals surface area contributed by atoms with Gasteiger partial charge in [-0.15, -0.1) is 0 Å². The van der Waals surface area contributed by atoms with Crippen molar-refractivity contribution in [1.29, 1.82) is 0 Å². The number of likely N-dealkylation sites (tertiary alicyclic amines) is 1. The first-order valence-electron chi connectivity index (χ1n) is 12.6. The van der Waals surface area contributed by atoms with Gasteiger partial charge in [0.05, 0.1) is 23.8 Å². The number of piperidine rings is 1. The molecule has 1 unspecified atom stereocenters. The third kappa shape index (κ3) is 7.24. The van der Waals surface area contributed by atoms with Crippen LogP contribution in [0.3, 0.4) is 0 Å². The number of rotatable bonds is 8. The first-order valence-corrected chi connectivity index (χ1v) is 12.6. The summed E-state index contributed by atoms with van der Waals surface area (Å²) in [6.45, 7) is 5.36. The molecule has 8 nitrogen and oxygen atoms in total. The molecule has 1 aliphatic heterocycles. The Morgan fingerprint density at radius 2 is 1.65 bits per heavy atom. The van der Waals surface area contributed by atoms with Crippen molar-refractivity contribution in [1.82, 2.24) is 15.2 Å². The fraction of sp³-hybridized carbons (Fsp3) is 0.310. The molecule has 8 heteroatoms. The molecule has 1 aromatic heterocycles. The molecular weight excluding hydrogens is 466 g/mol. The van der Waals surface area contributed by atoms with Gasteiger partial charge in [-0.05, 0) is 69.1 Å². The highest BCUT2D eigenvalue weighted by molar-refractivity contribution is 6.04. The van der Waals surface area contributed by atoms with Crippen molar-refractivity contribution in [3.63, 3.8) is 0 Å². The number of nitrogens with zero attached hydrogens (tertiary/aromatic N) is 2. The van der Waals surface area contributed by atoms with Crippen LogP contribution in [0.15, 0.2) is 72.9 Å². The number of anilines is 2. The average molecular weight is 500 g/mol. The number of hydrogen-bond acceptors (Lipinski definition) is 5. The topological polar surface area (TPSA) is 103 Å². The summed E-state index contributed by atoms with van der Waals surface area (Å²) < 4.78 is 0. The SMILES string of the molecule is Cc1ccc(NC(=O)C2CCN(CC(=O)Nc3ccccc3C(=O)NC(C)c3ccccc3)CC2)nc1. The first-order chi connectivity index (χ1) is 17.9. The van der Waals surface area contributed by atoms with E-state index < -0.39 is 0 Å². The lowest BCUT2D eigenvalue weighted by molar-refractivity contribution is -0.121. The molecule has 2 aromatic carbocycles. The average Bonchev–Trinajstić information content (AvgIpc) is 2.91. The summed E-state index contributed by atoms with van der Waals surface area (Å²) in [4.78, 5) is 44.6. The van der Waals surface area contributed by atoms with E-state index in [2.05, 4.69) is 20.9 Å². The Hall–Kier alpha value is -4.04. The van der Waals surface area contributed by atoms with Gasteiger partial charge in [-0.2, -0.15) is 0 Å². The summed E-state index contributed by atoms with van der Waals surface area (Å²) in [5.41, 5.74) is 2.93. The van der Waals surface area contributed by atoms with Crippen molar-refractivity contribution in [3.8, 4) is 0 Å². The van der Waals surface area contributed by atoms with E-state index in [-0.39, 0.29) is 36.2 Å². The van der Waals surface area contributed by atoms with Crippen molar-refractivity contribution in [2.45, 2.75) is 32.7 Å². The highest BCUT2D eigenvalue weighted by Crippen LogP contribution is 2.21. The molecule has 0 saturated carbocycles. The van der Waals surface area contributed by atoms with Crippen molar-refractivity contribution >= 4 is 29.2 Å². The van der Waals surface area contributed by atoms with Crippen molar-refractivity contribution < 1.29 is 14.4 Å². The minimum absolute atomic E-state index is 0.0369. The number of aromatic nitrogens is 1. The molecule has 3 aromatic rings. The molecular formula is C29H33N5O3. The zero-order valence-electron chi connectivity index (χ0n) is 21.2. The summed E-state index contributed by atoms with van der Waals surface area (Å²) in [5.74, 6) is -0.0351. The van der Waals surface area contributed by atoms with E-state index in [1.165, 1.54) is 0 Å². The molecule has 1 atom stereocenters. The van der Waals surface area contributed by atoms with Crippen LogP contribution in [-0.4, -0.2) is 47.2 Å². The van der Waals surface area contributed by atoms with E-state index in [1.54, 1.807) is 36.5 Å². The quantitative estimate of drug-likeness (QED) is 0.432. The zero-order chi connectivity index (χ0) is 26.2. The molecule has 0 bridgehead atoms. The van der Waals surface area contributed by atoms with Crippen LogP contribution in [0, 0.1) is 12.8 Å². The highest BCUT2D eigenvalue weighted by Gasteiger charge is 2.26. The lowest BCUT2D eigenvalue weighted by Gasteiger charge is -2.30. The van der Waals surface area contributed by atoms with Gasteiger partial charge in [0.15, 0.2) is 0 Å². The number of hydrogen-bond donors (Lipinski definition) is 3. The molecule has 0 radical (unpaired) electrons. The predicted molar refractivity (Wildman–Crippen MR) is 144 cm³/mol. The predicted octanol–water partition coefficient (Wildman–Crippen LogP) is 4.17. The van der Waals surface area contributed by atoms with Crippen LogP contribution in [0.2, 0.25) is 0 Å². The number of carbonyl (C=O) groups excluding carboxylic acids is 3. The van der Waals surface area contributed by atoms with Gasteiger partial charge >= 0.3 is 0 Å². The summed E-state index contributed by atoms with van der Waals surface area (Å²) in [6, 6.07) is 20.3. The fourth-order valence-corrected chi connectivity index (χ4v) is 4.41. The Balaban J connectivity index is 1.27. The van der Waals surface area contributed by atoms with Crippen molar-refractivity contribution in [2.75, 3.05) is 30.3 Å². The van der Waals surface area contributed by atoms with Crippen LogP contribution in [0.1, 0.15) is 47.3 Å². The number of amides is 3.